The molecule has 3 unspecified atom stereocenters. The number of carbonyl (C=O) groups is 1. The molecule has 0 spiro atoms. The second-order valence-electron chi connectivity index (χ2n) is 7.91. The summed E-state index contributed by atoms with van der Waals surface area (Å²) in [4.78, 5) is 25.9. The summed E-state index contributed by atoms with van der Waals surface area (Å²) in [5.74, 6) is -1.69. The minimum Gasteiger partial charge on any atom is -0.389 e. The molecule has 1 amide bonds. The average molecular weight is 391 g/mol. The Labute approximate surface area is 169 Å². The molecule has 1 aliphatic carbocycles. The number of anilines is 1. The van der Waals surface area contributed by atoms with Gasteiger partial charge in [0.05, 0.1) is 11.5 Å². The van der Waals surface area contributed by atoms with Crippen LogP contribution in [0.5, 0.6) is 0 Å². The van der Waals surface area contributed by atoms with Crippen LogP contribution in [0.2, 0.25) is 0 Å². The van der Waals surface area contributed by atoms with E-state index in [4.69, 9.17) is 0 Å². The fraction of sp³-hybridized carbons (Fsp3) is 0.304. The van der Waals surface area contributed by atoms with Crippen LogP contribution in [-0.4, -0.2) is 26.8 Å². The lowest BCUT2D eigenvalue weighted by Gasteiger charge is -2.41. The number of amides is 1. The number of aliphatic hydroxyl groups is 1. The normalized spacial score (nSPS) is 23.4. The Morgan fingerprint density at radius 2 is 1.83 bits per heavy atom. The van der Waals surface area contributed by atoms with Gasteiger partial charge in [-0.2, -0.15) is 0 Å². The van der Waals surface area contributed by atoms with E-state index >= 15 is 0 Å². The molecule has 0 fully saturated rings. The molecule has 1 aromatic heterocycles. The van der Waals surface area contributed by atoms with Gasteiger partial charge in [-0.3, -0.25) is 14.7 Å². The molecule has 4 rings (SSSR count). The van der Waals surface area contributed by atoms with E-state index in [9.17, 15) is 14.7 Å². The first-order valence-corrected chi connectivity index (χ1v) is 9.87. The highest BCUT2D eigenvalue weighted by molar-refractivity contribution is 5.94. The SMILES string of the molecule is CCc1ccc(C2c3c([nH][nH]c3=O)CC(C)(O)C2C(=O)Nc2ccccc2)cc1. The molecule has 0 saturated carbocycles. The van der Waals surface area contributed by atoms with Crippen molar-refractivity contribution in [2.75, 3.05) is 5.32 Å². The van der Waals surface area contributed by atoms with Crippen molar-refractivity contribution >= 4 is 11.6 Å². The number of para-hydroxylation sites is 1. The van der Waals surface area contributed by atoms with E-state index in [1.165, 1.54) is 5.56 Å². The van der Waals surface area contributed by atoms with Crippen LogP contribution in [0, 0.1) is 5.92 Å². The summed E-state index contributed by atoms with van der Waals surface area (Å²) >= 11 is 0. The number of H-pyrrole nitrogens is 2. The molecule has 2 aromatic carbocycles. The van der Waals surface area contributed by atoms with E-state index in [0.29, 0.717) is 16.9 Å². The van der Waals surface area contributed by atoms with E-state index in [2.05, 4.69) is 22.4 Å². The summed E-state index contributed by atoms with van der Waals surface area (Å²) in [6.07, 6.45) is 1.09. The molecule has 3 aromatic rings. The predicted molar refractivity (Wildman–Crippen MR) is 112 cm³/mol. The van der Waals surface area contributed by atoms with Gasteiger partial charge in [-0.25, -0.2) is 0 Å². The van der Waals surface area contributed by atoms with Crippen molar-refractivity contribution in [2.24, 2.45) is 5.92 Å². The van der Waals surface area contributed by atoms with Crippen molar-refractivity contribution in [1.82, 2.24) is 10.2 Å². The van der Waals surface area contributed by atoms with Crippen LogP contribution in [0.1, 0.15) is 42.1 Å². The number of aromatic amines is 2. The van der Waals surface area contributed by atoms with Crippen LogP contribution in [-0.2, 0) is 17.6 Å². The second kappa shape index (κ2) is 7.37. The van der Waals surface area contributed by atoms with Crippen LogP contribution in [0.15, 0.2) is 59.4 Å². The summed E-state index contributed by atoms with van der Waals surface area (Å²) in [6, 6.07) is 17.1. The van der Waals surface area contributed by atoms with Gasteiger partial charge in [0.1, 0.15) is 0 Å². The molecular weight excluding hydrogens is 366 g/mol. The number of carbonyl (C=O) groups excluding carboxylic acids is 1. The molecule has 0 saturated heterocycles. The average Bonchev–Trinajstić information content (AvgIpc) is 3.06. The zero-order chi connectivity index (χ0) is 20.6. The Morgan fingerprint density at radius 3 is 2.48 bits per heavy atom. The Morgan fingerprint density at radius 1 is 1.14 bits per heavy atom. The predicted octanol–water partition coefficient (Wildman–Crippen LogP) is 2.96. The van der Waals surface area contributed by atoms with Gasteiger partial charge in [0.15, 0.2) is 0 Å². The number of fused-ring (bicyclic) bond motifs is 1. The number of benzene rings is 2. The van der Waals surface area contributed by atoms with Crippen molar-refractivity contribution in [1.29, 1.82) is 0 Å². The highest BCUT2D eigenvalue weighted by Crippen LogP contribution is 2.44. The molecule has 1 aliphatic rings. The Kier molecular flexibility index (Phi) is 4.88. The van der Waals surface area contributed by atoms with Crippen LogP contribution in [0.3, 0.4) is 0 Å². The molecule has 4 N–H and O–H groups in total. The Bertz CT molecular complexity index is 1060. The number of rotatable bonds is 4. The van der Waals surface area contributed by atoms with Gasteiger partial charge in [-0.15, -0.1) is 0 Å². The lowest BCUT2D eigenvalue weighted by atomic mass is 9.66. The zero-order valence-electron chi connectivity index (χ0n) is 16.5. The van der Waals surface area contributed by atoms with Gasteiger partial charge >= 0.3 is 0 Å². The highest BCUT2D eigenvalue weighted by Gasteiger charge is 2.50. The second-order valence-corrected chi connectivity index (χ2v) is 7.91. The quantitative estimate of drug-likeness (QED) is 0.550. The third-order valence-electron chi connectivity index (χ3n) is 5.82. The molecule has 6 heteroatoms. The summed E-state index contributed by atoms with van der Waals surface area (Å²) in [5.41, 5.74) is 2.25. The molecule has 0 bridgehead atoms. The van der Waals surface area contributed by atoms with Crippen LogP contribution in [0.4, 0.5) is 5.69 Å². The summed E-state index contributed by atoms with van der Waals surface area (Å²) in [5, 5.41) is 19.7. The van der Waals surface area contributed by atoms with Crippen LogP contribution in [0.25, 0.3) is 0 Å². The van der Waals surface area contributed by atoms with Gasteiger partial charge in [-0.1, -0.05) is 49.4 Å². The third-order valence-corrected chi connectivity index (χ3v) is 5.82. The van der Waals surface area contributed by atoms with Crippen molar-refractivity contribution in [3.63, 3.8) is 0 Å². The smallest absolute Gasteiger partial charge is 0.267 e. The largest absolute Gasteiger partial charge is 0.389 e. The van der Waals surface area contributed by atoms with Gasteiger partial charge in [0, 0.05) is 29.3 Å². The van der Waals surface area contributed by atoms with Gasteiger partial charge in [0.2, 0.25) is 5.91 Å². The Hall–Kier alpha value is -3.12. The minimum absolute atomic E-state index is 0.192. The number of hydrogen-bond donors (Lipinski definition) is 4. The van der Waals surface area contributed by atoms with Crippen molar-refractivity contribution in [3.05, 3.63) is 87.3 Å². The van der Waals surface area contributed by atoms with E-state index in [1.807, 2.05) is 42.5 Å². The highest BCUT2D eigenvalue weighted by atomic mass is 16.3. The summed E-state index contributed by atoms with van der Waals surface area (Å²) in [6.45, 7) is 3.73. The molecule has 0 aliphatic heterocycles. The van der Waals surface area contributed by atoms with Gasteiger partial charge in [0.25, 0.3) is 5.56 Å². The molecule has 1 heterocycles. The maximum Gasteiger partial charge on any atom is 0.267 e. The molecule has 0 radical (unpaired) electrons. The first-order valence-electron chi connectivity index (χ1n) is 9.87. The number of nitrogens with one attached hydrogen (secondary N) is 3. The van der Waals surface area contributed by atoms with E-state index in [-0.39, 0.29) is 17.9 Å². The molecule has 150 valence electrons. The van der Waals surface area contributed by atoms with Crippen molar-refractivity contribution in [2.45, 2.75) is 38.2 Å². The zero-order valence-corrected chi connectivity index (χ0v) is 16.5. The molecule has 29 heavy (non-hydrogen) atoms. The molecule has 3 atom stereocenters. The maximum atomic E-state index is 13.3. The summed E-state index contributed by atoms with van der Waals surface area (Å²) in [7, 11) is 0. The third kappa shape index (κ3) is 3.51. The van der Waals surface area contributed by atoms with E-state index < -0.39 is 17.4 Å². The summed E-state index contributed by atoms with van der Waals surface area (Å²) < 4.78 is 0. The van der Waals surface area contributed by atoms with Gasteiger partial charge < -0.3 is 15.5 Å². The van der Waals surface area contributed by atoms with Crippen molar-refractivity contribution < 1.29 is 9.90 Å². The monoisotopic (exact) mass is 391 g/mol. The topological polar surface area (TPSA) is 98.0 Å². The van der Waals surface area contributed by atoms with Crippen LogP contribution < -0.4 is 10.9 Å². The number of aromatic nitrogens is 2. The van der Waals surface area contributed by atoms with Crippen molar-refractivity contribution in [3.8, 4) is 0 Å². The lowest BCUT2D eigenvalue weighted by Crippen LogP contribution is -2.51. The molecule has 6 nitrogen and oxygen atoms in total. The standard InChI is InChI=1S/C23H25N3O3/c1-3-14-9-11-15(12-10-14)18-19-17(25-26-21(19)27)13-23(2,29)20(18)22(28)24-16-7-5-4-6-8-16/h4-12,18,20,29H,3,13H2,1-2H3,(H,24,28)(H2,25,26,27). The van der Waals surface area contributed by atoms with E-state index in [1.54, 1.807) is 19.1 Å². The maximum absolute atomic E-state index is 13.3. The molecular formula is C23H25N3O3. The first-order chi connectivity index (χ1) is 13.9. The van der Waals surface area contributed by atoms with Crippen LogP contribution >= 0.6 is 0 Å². The fourth-order valence-electron chi connectivity index (χ4n) is 4.36. The van der Waals surface area contributed by atoms with E-state index in [0.717, 1.165) is 12.0 Å². The lowest BCUT2D eigenvalue weighted by molar-refractivity contribution is -0.130. The van der Waals surface area contributed by atoms with Gasteiger partial charge in [-0.05, 0) is 36.6 Å². The minimum atomic E-state index is -1.33. The fourth-order valence-corrected chi connectivity index (χ4v) is 4.36. The number of hydrogen-bond acceptors (Lipinski definition) is 3. The first kappa shape index (κ1) is 19.2. The number of aryl methyl sites for hydroxylation is 1. The Balaban J connectivity index is 1.81.